The van der Waals surface area contributed by atoms with E-state index in [-0.39, 0.29) is 11.6 Å². The van der Waals surface area contributed by atoms with Crippen LogP contribution < -0.4 is 10.2 Å². The molecule has 140 valence electrons. The Kier molecular flexibility index (Phi) is 4.78. The fraction of sp³-hybridized carbons (Fsp3) is 0.350. The highest BCUT2D eigenvalue weighted by Crippen LogP contribution is 2.36. The smallest absolute Gasteiger partial charge is 0.257 e. The Labute approximate surface area is 161 Å². The largest absolute Gasteiger partial charge is 0.356 e. The number of hydrogen-bond acceptors (Lipinski definition) is 5. The van der Waals surface area contributed by atoms with Crippen molar-refractivity contribution < 1.29 is 9.18 Å². The van der Waals surface area contributed by atoms with Gasteiger partial charge in [-0.3, -0.25) is 4.79 Å². The molecule has 0 bridgehead atoms. The Balaban J connectivity index is 1.76. The number of halogens is 1. The number of fused-ring (bicyclic) bond motifs is 1. The van der Waals surface area contributed by atoms with E-state index in [1.807, 2.05) is 13.8 Å². The molecule has 1 amide bonds. The van der Waals surface area contributed by atoms with E-state index in [9.17, 15) is 9.18 Å². The minimum Gasteiger partial charge on any atom is -0.356 e. The van der Waals surface area contributed by atoms with Crippen molar-refractivity contribution in [3.8, 4) is 0 Å². The lowest BCUT2D eigenvalue weighted by atomic mass is 10.1. The molecule has 1 saturated heterocycles. The van der Waals surface area contributed by atoms with Crippen LogP contribution in [0.2, 0.25) is 0 Å². The van der Waals surface area contributed by atoms with Gasteiger partial charge in [0, 0.05) is 18.0 Å². The summed E-state index contributed by atoms with van der Waals surface area (Å²) in [6.45, 7) is 5.56. The van der Waals surface area contributed by atoms with Crippen molar-refractivity contribution in [1.82, 2.24) is 9.97 Å². The Morgan fingerprint density at radius 1 is 1.19 bits per heavy atom. The first kappa shape index (κ1) is 17.9. The monoisotopic (exact) mass is 384 g/mol. The molecule has 2 aromatic heterocycles. The number of carbonyl (C=O) groups excluding carboxylic acids is 1. The van der Waals surface area contributed by atoms with Crippen molar-refractivity contribution in [3.05, 3.63) is 46.3 Å². The lowest BCUT2D eigenvalue weighted by Gasteiger charge is -2.28. The molecule has 3 aromatic rings. The second kappa shape index (κ2) is 7.23. The van der Waals surface area contributed by atoms with Gasteiger partial charge in [-0.15, -0.1) is 11.3 Å². The maximum Gasteiger partial charge on any atom is 0.257 e. The molecular formula is C20H21FN4OS. The molecule has 5 nitrogen and oxygen atoms in total. The van der Waals surface area contributed by atoms with Crippen molar-refractivity contribution in [1.29, 1.82) is 0 Å². The molecule has 0 atom stereocenters. The van der Waals surface area contributed by atoms with Crippen molar-refractivity contribution in [3.63, 3.8) is 0 Å². The fourth-order valence-electron chi connectivity index (χ4n) is 3.55. The summed E-state index contributed by atoms with van der Waals surface area (Å²) in [6.07, 6.45) is 5.01. The zero-order chi connectivity index (χ0) is 19.0. The average molecular weight is 384 g/mol. The summed E-state index contributed by atoms with van der Waals surface area (Å²) >= 11 is 1.47. The van der Waals surface area contributed by atoms with E-state index in [4.69, 9.17) is 0 Å². The number of amides is 1. The van der Waals surface area contributed by atoms with Crippen molar-refractivity contribution in [2.24, 2.45) is 0 Å². The SMILES string of the molecule is Cc1ccc(NC(=O)c2c(C)sc3ncnc(N4CCCCC4)c23)c(F)c1. The normalized spacial score (nSPS) is 14.6. The average Bonchev–Trinajstić information content (AvgIpc) is 3.00. The maximum atomic E-state index is 14.2. The summed E-state index contributed by atoms with van der Waals surface area (Å²) < 4.78 is 14.2. The third-order valence-electron chi connectivity index (χ3n) is 4.90. The van der Waals surface area contributed by atoms with E-state index >= 15 is 0 Å². The number of nitrogens with one attached hydrogen (secondary N) is 1. The molecule has 4 rings (SSSR count). The highest BCUT2D eigenvalue weighted by atomic mass is 32.1. The summed E-state index contributed by atoms with van der Waals surface area (Å²) in [7, 11) is 0. The number of carbonyl (C=O) groups is 1. The number of benzene rings is 1. The van der Waals surface area contributed by atoms with Crippen LogP contribution in [0.25, 0.3) is 10.2 Å². The van der Waals surface area contributed by atoms with Crippen LogP contribution in [0.3, 0.4) is 0 Å². The standard InChI is InChI=1S/C20H21FN4OS/c1-12-6-7-15(14(21)10-12)24-19(26)16-13(2)27-20-17(16)18(22-11-23-20)25-8-4-3-5-9-25/h6-7,10-11H,3-5,8-9H2,1-2H3,(H,24,26). The molecule has 1 aliphatic rings. The van der Waals surface area contributed by atoms with Gasteiger partial charge in [0.2, 0.25) is 0 Å². The molecule has 1 fully saturated rings. The van der Waals surface area contributed by atoms with Gasteiger partial charge in [0.25, 0.3) is 5.91 Å². The van der Waals surface area contributed by atoms with Gasteiger partial charge in [0.1, 0.15) is 22.8 Å². The Morgan fingerprint density at radius 2 is 1.96 bits per heavy atom. The van der Waals surface area contributed by atoms with Crippen LogP contribution >= 0.6 is 11.3 Å². The van der Waals surface area contributed by atoms with Gasteiger partial charge in [0.15, 0.2) is 0 Å². The number of thiophene rings is 1. The minimum atomic E-state index is -0.437. The first-order valence-electron chi connectivity index (χ1n) is 9.11. The molecule has 0 aliphatic carbocycles. The molecule has 1 N–H and O–H groups in total. The van der Waals surface area contributed by atoms with Crippen molar-refractivity contribution in [2.75, 3.05) is 23.3 Å². The number of hydrogen-bond donors (Lipinski definition) is 1. The lowest BCUT2D eigenvalue weighted by Crippen LogP contribution is -2.30. The van der Waals surface area contributed by atoms with Gasteiger partial charge in [0.05, 0.1) is 16.6 Å². The first-order valence-corrected chi connectivity index (χ1v) is 9.93. The predicted octanol–water partition coefficient (Wildman–Crippen LogP) is 4.69. The van der Waals surface area contributed by atoms with Gasteiger partial charge in [-0.05, 0) is 50.8 Å². The van der Waals surface area contributed by atoms with Gasteiger partial charge >= 0.3 is 0 Å². The van der Waals surface area contributed by atoms with E-state index < -0.39 is 5.82 Å². The molecular weight excluding hydrogens is 363 g/mol. The second-order valence-electron chi connectivity index (χ2n) is 6.90. The summed E-state index contributed by atoms with van der Waals surface area (Å²) in [5.41, 5.74) is 1.53. The highest BCUT2D eigenvalue weighted by Gasteiger charge is 2.24. The Hall–Kier alpha value is -2.54. The zero-order valence-electron chi connectivity index (χ0n) is 15.4. The third-order valence-corrected chi connectivity index (χ3v) is 5.91. The Bertz CT molecular complexity index is 1010. The van der Waals surface area contributed by atoms with Crippen LogP contribution in [0.15, 0.2) is 24.5 Å². The number of anilines is 2. The number of aryl methyl sites for hydroxylation is 2. The van der Waals surface area contributed by atoms with E-state index in [0.717, 1.165) is 52.4 Å². The van der Waals surface area contributed by atoms with Crippen molar-refractivity contribution >= 4 is 39.0 Å². The first-order chi connectivity index (χ1) is 13.0. The minimum absolute atomic E-state index is 0.181. The summed E-state index contributed by atoms with van der Waals surface area (Å²) in [6, 6.07) is 4.78. The van der Waals surface area contributed by atoms with Gasteiger partial charge in [-0.2, -0.15) is 0 Å². The number of piperidine rings is 1. The van der Waals surface area contributed by atoms with Gasteiger partial charge in [-0.1, -0.05) is 6.07 Å². The van der Waals surface area contributed by atoms with E-state index in [1.165, 1.54) is 23.8 Å². The van der Waals surface area contributed by atoms with Gasteiger partial charge in [-0.25, -0.2) is 14.4 Å². The summed E-state index contributed by atoms with van der Waals surface area (Å²) in [5, 5.41) is 3.49. The fourth-order valence-corrected chi connectivity index (χ4v) is 4.54. The van der Waals surface area contributed by atoms with E-state index in [0.29, 0.717) is 5.56 Å². The number of nitrogens with zero attached hydrogens (tertiary/aromatic N) is 3. The molecule has 7 heteroatoms. The molecule has 3 heterocycles. The van der Waals surface area contributed by atoms with Crippen LogP contribution in [-0.2, 0) is 0 Å². The summed E-state index contributed by atoms with van der Waals surface area (Å²) in [4.78, 5) is 25.8. The van der Waals surface area contributed by atoms with Crippen molar-refractivity contribution in [2.45, 2.75) is 33.1 Å². The summed E-state index contributed by atoms with van der Waals surface area (Å²) in [5.74, 6) is 0.0428. The molecule has 0 unspecified atom stereocenters. The van der Waals surface area contributed by atoms with Crippen LogP contribution in [0.5, 0.6) is 0 Å². The molecule has 0 radical (unpaired) electrons. The van der Waals surface area contributed by atoms with Gasteiger partial charge < -0.3 is 10.2 Å². The quantitative estimate of drug-likeness (QED) is 0.712. The van der Waals surface area contributed by atoms with E-state index in [2.05, 4.69) is 20.2 Å². The van der Waals surface area contributed by atoms with Crippen LogP contribution in [0, 0.1) is 19.7 Å². The lowest BCUT2D eigenvalue weighted by molar-refractivity contribution is 0.102. The maximum absolute atomic E-state index is 14.2. The molecule has 0 spiro atoms. The molecule has 27 heavy (non-hydrogen) atoms. The number of aromatic nitrogens is 2. The molecule has 1 aromatic carbocycles. The molecule has 1 aliphatic heterocycles. The Morgan fingerprint density at radius 3 is 2.70 bits per heavy atom. The highest BCUT2D eigenvalue weighted by molar-refractivity contribution is 7.19. The number of rotatable bonds is 3. The second-order valence-corrected chi connectivity index (χ2v) is 8.10. The van der Waals surface area contributed by atoms with Crippen LogP contribution in [0.4, 0.5) is 15.9 Å². The van der Waals surface area contributed by atoms with Crippen LogP contribution in [0.1, 0.15) is 40.1 Å². The zero-order valence-corrected chi connectivity index (χ0v) is 16.2. The topological polar surface area (TPSA) is 58.1 Å². The van der Waals surface area contributed by atoms with E-state index in [1.54, 1.807) is 18.5 Å². The van der Waals surface area contributed by atoms with Crippen LogP contribution in [-0.4, -0.2) is 29.0 Å². The third kappa shape index (κ3) is 3.39. The predicted molar refractivity (Wildman–Crippen MR) is 107 cm³/mol. The molecule has 0 saturated carbocycles.